The van der Waals surface area contributed by atoms with Crippen molar-refractivity contribution in [3.63, 3.8) is 0 Å². The van der Waals surface area contributed by atoms with Gasteiger partial charge in [-0.25, -0.2) is 24.9 Å². The van der Waals surface area contributed by atoms with Crippen LogP contribution in [0.5, 0.6) is 0 Å². The van der Waals surface area contributed by atoms with Crippen LogP contribution in [-0.4, -0.2) is 43.2 Å². The topological polar surface area (TPSA) is 84.2 Å². The maximum atomic E-state index is 5.25. The van der Waals surface area contributed by atoms with Crippen molar-refractivity contribution in [3.8, 4) is 113 Å². The standard InChI is InChI=1S/C56H36N4.C55H35N5/c1-4-16-37(17-5-1)39-20-14-22-42(34-39)56-57-47(38-18-6-2-7-19-38)36-48(58-56)41-30-31-44-40(35-41)21-15-29-49(44)60-51-28-13-11-26-46(51)55-53(60)33-32-52-54(55)45-25-10-12-27-50(45)59(52)43-23-8-3-9-24-43;1-4-16-36(17-5-1)38-20-14-22-40(34-38)54-56-53(37-18-6-2-7-19-37)57-55(58-54)41-30-31-43-39(35-41)21-15-29-46(43)60-48-28-13-11-26-45(48)52-50(60)33-32-49-51(52)44-25-10-12-27-47(44)59(49)42-23-8-3-9-24-42/h1-36H;1-35H. The molecule has 0 fully saturated rings. The molecular weight excluding hydrogens is 1460 g/mol. The van der Waals surface area contributed by atoms with E-state index in [0.29, 0.717) is 23.3 Å². The van der Waals surface area contributed by atoms with Crippen molar-refractivity contribution in [1.82, 2.24) is 43.2 Å². The van der Waals surface area contributed by atoms with Crippen LogP contribution < -0.4 is 0 Å². The highest BCUT2D eigenvalue weighted by atomic mass is 15.0. The fourth-order valence-electron chi connectivity index (χ4n) is 18.3. The summed E-state index contributed by atoms with van der Waals surface area (Å²) in [7, 11) is 0. The first-order valence-corrected chi connectivity index (χ1v) is 40.7. The second-order valence-corrected chi connectivity index (χ2v) is 30.6. The van der Waals surface area contributed by atoms with Gasteiger partial charge >= 0.3 is 0 Å². The number of benzene rings is 18. The lowest BCUT2D eigenvalue weighted by Gasteiger charge is -2.14. The van der Waals surface area contributed by atoms with Crippen LogP contribution in [0.25, 0.3) is 222 Å². The van der Waals surface area contributed by atoms with Crippen molar-refractivity contribution in [3.05, 3.63) is 431 Å². The Bertz CT molecular complexity index is 7650. The lowest BCUT2D eigenvalue weighted by molar-refractivity contribution is 1.07. The minimum atomic E-state index is 0.630. The number of rotatable bonds is 12. The summed E-state index contributed by atoms with van der Waals surface area (Å²) in [6.07, 6.45) is 0. The summed E-state index contributed by atoms with van der Waals surface area (Å²) >= 11 is 0. The Morgan fingerprint density at radius 3 is 0.867 bits per heavy atom. The van der Waals surface area contributed by atoms with Crippen molar-refractivity contribution >= 4 is 109 Å². The van der Waals surface area contributed by atoms with E-state index in [1.807, 2.05) is 36.4 Å². The molecule has 0 N–H and O–H groups in total. The quantitative estimate of drug-likeness (QED) is 0.122. The van der Waals surface area contributed by atoms with Crippen LogP contribution in [-0.2, 0) is 0 Å². The maximum absolute atomic E-state index is 5.25. The zero-order valence-corrected chi connectivity index (χ0v) is 65.0. The van der Waals surface area contributed by atoms with E-state index < -0.39 is 0 Å². The van der Waals surface area contributed by atoms with Crippen molar-refractivity contribution in [2.45, 2.75) is 0 Å². The Labute approximate surface area is 691 Å². The summed E-state index contributed by atoms with van der Waals surface area (Å²) in [6.45, 7) is 0. The molecule has 0 aliphatic heterocycles. The molecule has 9 nitrogen and oxygen atoms in total. The van der Waals surface area contributed by atoms with Crippen LogP contribution in [0.2, 0.25) is 0 Å². The van der Waals surface area contributed by atoms with Crippen molar-refractivity contribution in [2.75, 3.05) is 0 Å². The fourth-order valence-corrected chi connectivity index (χ4v) is 18.3. The average Bonchev–Trinajstić information content (AvgIpc) is 1.55. The van der Waals surface area contributed by atoms with E-state index in [1.165, 1.54) is 92.6 Å². The molecule has 0 radical (unpaired) electrons. The van der Waals surface area contributed by atoms with Gasteiger partial charge in [-0.1, -0.05) is 315 Å². The van der Waals surface area contributed by atoms with Crippen molar-refractivity contribution in [1.29, 1.82) is 0 Å². The summed E-state index contributed by atoms with van der Waals surface area (Å²) < 4.78 is 9.69. The average molecular weight is 1530 g/mol. The van der Waals surface area contributed by atoms with Gasteiger partial charge in [-0.15, -0.1) is 0 Å². The van der Waals surface area contributed by atoms with Gasteiger partial charge < -0.3 is 18.3 Å². The van der Waals surface area contributed by atoms with Crippen LogP contribution in [0.3, 0.4) is 0 Å². The Kier molecular flexibility index (Phi) is 16.7. The van der Waals surface area contributed by atoms with E-state index in [2.05, 4.69) is 413 Å². The molecule has 0 aliphatic carbocycles. The first-order valence-electron chi connectivity index (χ1n) is 40.7. The zero-order valence-electron chi connectivity index (χ0n) is 65.0. The number of hydrogen-bond donors (Lipinski definition) is 0. The third-order valence-electron chi connectivity index (χ3n) is 23.6. The van der Waals surface area contributed by atoms with Crippen LogP contribution >= 0.6 is 0 Å². The molecule has 0 amide bonds. The molecule has 0 saturated heterocycles. The minimum Gasteiger partial charge on any atom is -0.309 e. The summed E-state index contributed by atoms with van der Waals surface area (Å²) in [5.74, 6) is 2.60. The van der Waals surface area contributed by atoms with Crippen LogP contribution in [0.1, 0.15) is 0 Å². The SMILES string of the molecule is c1ccc(-c2cccc(-c3nc(-c4ccccc4)cc(-c4ccc5c(-n6c7ccccc7c7c8c9ccccc9n(-c9ccccc9)c8ccc76)cccc5c4)n3)c2)cc1.c1ccc(-c2cccc(-c3nc(-c4ccccc4)nc(-c4ccc5c(-n6c7ccccc7c7c8c9ccccc9n(-c9ccccc9)c8ccc76)cccc5c4)n3)c2)cc1. The molecule has 0 atom stereocenters. The molecule has 0 spiro atoms. The monoisotopic (exact) mass is 1530 g/mol. The van der Waals surface area contributed by atoms with E-state index in [0.717, 1.165) is 106 Å². The van der Waals surface area contributed by atoms with Gasteiger partial charge in [0.05, 0.1) is 66.9 Å². The van der Waals surface area contributed by atoms with Gasteiger partial charge in [-0.2, -0.15) is 0 Å². The van der Waals surface area contributed by atoms with E-state index in [-0.39, 0.29) is 0 Å². The predicted octanol–water partition coefficient (Wildman–Crippen LogP) is 28.4. The molecule has 120 heavy (non-hydrogen) atoms. The van der Waals surface area contributed by atoms with E-state index in [9.17, 15) is 0 Å². The zero-order chi connectivity index (χ0) is 79.1. The fraction of sp³-hybridized carbons (Fsp3) is 0. The van der Waals surface area contributed by atoms with E-state index >= 15 is 0 Å². The number of fused-ring (bicyclic) bond motifs is 16. The summed E-state index contributed by atoms with van der Waals surface area (Å²) in [5.41, 5.74) is 26.3. The molecule has 24 aromatic rings. The highest BCUT2D eigenvalue weighted by Gasteiger charge is 2.25. The second kappa shape index (κ2) is 28.9. The Hall–Kier alpha value is -16.2. The smallest absolute Gasteiger partial charge is 0.164 e. The number of hydrogen-bond acceptors (Lipinski definition) is 5. The first kappa shape index (κ1) is 69.3. The van der Waals surface area contributed by atoms with Crippen LogP contribution in [0, 0.1) is 0 Å². The molecular formula is C111H71N9. The van der Waals surface area contributed by atoms with Gasteiger partial charge in [0, 0.05) is 98.6 Å². The number of para-hydroxylation sites is 6. The summed E-state index contributed by atoms with van der Waals surface area (Å²) in [4.78, 5) is 25.7. The number of aromatic nitrogens is 9. The first-order chi connectivity index (χ1) is 59.5. The molecule has 0 saturated carbocycles. The predicted molar refractivity (Wildman–Crippen MR) is 498 cm³/mol. The summed E-state index contributed by atoms with van der Waals surface area (Å²) in [5, 5.41) is 14.6. The molecule has 6 aromatic heterocycles. The lowest BCUT2D eigenvalue weighted by Crippen LogP contribution is -2.00. The molecule has 0 unspecified atom stereocenters. The molecule has 24 rings (SSSR count). The molecule has 0 aliphatic rings. The van der Waals surface area contributed by atoms with Crippen LogP contribution in [0.4, 0.5) is 0 Å². The highest BCUT2D eigenvalue weighted by molar-refractivity contribution is 6.31. The molecule has 18 aromatic carbocycles. The van der Waals surface area contributed by atoms with Gasteiger partial charge in [0.2, 0.25) is 0 Å². The van der Waals surface area contributed by atoms with Crippen LogP contribution in [0.15, 0.2) is 431 Å². The Morgan fingerprint density at radius 1 is 0.150 bits per heavy atom. The second-order valence-electron chi connectivity index (χ2n) is 30.6. The van der Waals surface area contributed by atoms with Crippen molar-refractivity contribution < 1.29 is 0 Å². The van der Waals surface area contributed by atoms with Gasteiger partial charge in [-0.3, -0.25) is 0 Å². The highest BCUT2D eigenvalue weighted by Crippen LogP contribution is 2.47. The van der Waals surface area contributed by atoms with Crippen molar-refractivity contribution in [2.24, 2.45) is 0 Å². The van der Waals surface area contributed by atoms with Gasteiger partial charge in [0.1, 0.15) is 0 Å². The van der Waals surface area contributed by atoms with Gasteiger partial charge in [0.15, 0.2) is 23.3 Å². The normalized spacial score (nSPS) is 11.7. The van der Waals surface area contributed by atoms with Gasteiger partial charge in [-0.05, 0) is 148 Å². The van der Waals surface area contributed by atoms with E-state index in [4.69, 9.17) is 24.9 Å². The third-order valence-corrected chi connectivity index (χ3v) is 23.6. The Morgan fingerprint density at radius 2 is 0.442 bits per heavy atom. The minimum absolute atomic E-state index is 0.630. The maximum Gasteiger partial charge on any atom is 0.164 e. The van der Waals surface area contributed by atoms with Gasteiger partial charge in [0.25, 0.3) is 0 Å². The summed E-state index contributed by atoms with van der Waals surface area (Å²) in [6, 6.07) is 153. The lowest BCUT2D eigenvalue weighted by atomic mass is 10.0. The molecule has 9 heteroatoms. The number of nitrogens with zero attached hydrogens (tertiary/aromatic N) is 9. The molecule has 0 bridgehead atoms. The van der Waals surface area contributed by atoms with E-state index in [1.54, 1.807) is 0 Å². The molecule has 6 heterocycles. The Balaban J connectivity index is 0.000000140. The molecule has 560 valence electrons. The largest absolute Gasteiger partial charge is 0.309 e. The third kappa shape index (κ3) is 11.8.